The molecule has 0 aliphatic carbocycles. The van der Waals surface area contributed by atoms with Gasteiger partial charge in [0.2, 0.25) is 0 Å². The van der Waals surface area contributed by atoms with Crippen LogP contribution in [0.25, 0.3) is 16.5 Å². The fourth-order valence-corrected chi connectivity index (χ4v) is 2.65. The van der Waals surface area contributed by atoms with Crippen LogP contribution in [0.3, 0.4) is 0 Å². The van der Waals surface area contributed by atoms with Crippen molar-refractivity contribution in [2.45, 2.75) is 6.04 Å². The maximum Gasteiger partial charge on any atom is 0.344 e. The SMILES string of the molecule is NC(C(=O)COc1ccc2ccccc2c1-n1ccnc1)C(=C=O)C(=O)O. The fourth-order valence-electron chi connectivity index (χ4n) is 2.65. The molecule has 3 N–H and O–H groups in total. The number of hydrogen-bond donors (Lipinski definition) is 2. The molecule has 0 aliphatic heterocycles. The minimum Gasteiger partial charge on any atom is -0.484 e. The van der Waals surface area contributed by atoms with E-state index in [1.807, 2.05) is 30.3 Å². The molecular formula is C19H15N3O5. The molecule has 0 spiro atoms. The lowest BCUT2D eigenvalue weighted by Gasteiger charge is -2.15. The molecule has 0 radical (unpaired) electrons. The summed E-state index contributed by atoms with van der Waals surface area (Å²) in [7, 11) is 0. The van der Waals surface area contributed by atoms with E-state index >= 15 is 0 Å². The highest BCUT2D eigenvalue weighted by molar-refractivity contribution is 6.05. The Morgan fingerprint density at radius 3 is 2.70 bits per heavy atom. The summed E-state index contributed by atoms with van der Waals surface area (Å²) >= 11 is 0. The van der Waals surface area contributed by atoms with Crippen LogP contribution in [0, 0.1) is 0 Å². The number of carbonyl (C=O) groups excluding carboxylic acids is 2. The predicted molar refractivity (Wildman–Crippen MR) is 96.4 cm³/mol. The number of aromatic nitrogens is 2. The van der Waals surface area contributed by atoms with Crippen LogP contribution in [-0.4, -0.2) is 45.0 Å². The summed E-state index contributed by atoms with van der Waals surface area (Å²) in [4.78, 5) is 37.8. The number of carbonyl (C=O) groups is 2. The number of imidazole rings is 1. The van der Waals surface area contributed by atoms with Gasteiger partial charge in [-0.25, -0.2) is 14.6 Å². The molecule has 1 unspecified atom stereocenters. The van der Waals surface area contributed by atoms with Crippen LogP contribution in [0.2, 0.25) is 0 Å². The Bertz CT molecular complexity index is 1050. The number of ketones is 1. The van der Waals surface area contributed by atoms with Crippen molar-refractivity contribution in [3.63, 3.8) is 0 Å². The summed E-state index contributed by atoms with van der Waals surface area (Å²) in [5, 5.41) is 10.7. The molecule has 8 nitrogen and oxygen atoms in total. The Labute approximate surface area is 153 Å². The summed E-state index contributed by atoms with van der Waals surface area (Å²) < 4.78 is 7.36. The zero-order chi connectivity index (χ0) is 19.4. The zero-order valence-electron chi connectivity index (χ0n) is 14.0. The van der Waals surface area contributed by atoms with Crippen molar-refractivity contribution < 1.29 is 24.2 Å². The van der Waals surface area contributed by atoms with Gasteiger partial charge in [-0.2, -0.15) is 0 Å². The van der Waals surface area contributed by atoms with Gasteiger partial charge in [-0.3, -0.25) is 4.79 Å². The Balaban J connectivity index is 1.92. The summed E-state index contributed by atoms with van der Waals surface area (Å²) in [6.07, 6.45) is 4.94. The average Bonchev–Trinajstić information content (AvgIpc) is 3.19. The molecule has 0 bridgehead atoms. The average molecular weight is 365 g/mol. The van der Waals surface area contributed by atoms with Crippen LogP contribution in [0.15, 0.2) is 60.7 Å². The van der Waals surface area contributed by atoms with Crippen molar-refractivity contribution in [1.82, 2.24) is 9.55 Å². The molecule has 0 aliphatic rings. The molecule has 3 rings (SSSR count). The van der Waals surface area contributed by atoms with E-state index in [-0.39, 0.29) is 0 Å². The van der Waals surface area contributed by atoms with Gasteiger partial charge < -0.3 is 20.1 Å². The van der Waals surface area contributed by atoms with Crippen molar-refractivity contribution >= 4 is 28.5 Å². The van der Waals surface area contributed by atoms with Crippen LogP contribution in [-0.2, 0) is 14.4 Å². The number of benzene rings is 2. The first-order valence-corrected chi connectivity index (χ1v) is 7.92. The number of nitrogens with zero attached hydrogens (tertiary/aromatic N) is 2. The Hall–Kier alpha value is -3.74. The monoisotopic (exact) mass is 365 g/mol. The second-order valence-corrected chi connectivity index (χ2v) is 5.66. The topological polar surface area (TPSA) is 125 Å². The number of aliphatic carboxylic acids is 1. The molecule has 0 saturated carbocycles. The number of carboxylic acids is 1. The van der Waals surface area contributed by atoms with E-state index in [9.17, 15) is 14.4 Å². The molecular weight excluding hydrogens is 350 g/mol. The highest BCUT2D eigenvalue weighted by Gasteiger charge is 2.26. The van der Waals surface area contributed by atoms with E-state index in [0.29, 0.717) is 11.4 Å². The molecule has 2 aromatic carbocycles. The Kier molecular flexibility index (Phi) is 5.12. The predicted octanol–water partition coefficient (Wildman–Crippen LogP) is 1.14. The van der Waals surface area contributed by atoms with Gasteiger partial charge >= 0.3 is 5.97 Å². The fraction of sp³-hybridized carbons (Fsp3) is 0.105. The quantitative estimate of drug-likeness (QED) is 0.475. The summed E-state index contributed by atoms with van der Waals surface area (Å²) in [5.41, 5.74) is 5.38. The van der Waals surface area contributed by atoms with Crippen LogP contribution in [0.1, 0.15) is 0 Å². The lowest BCUT2D eigenvalue weighted by Crippen LogP contribution is -2.39. The molecule has 1 atom stereocenters. The normalized spacial score (nSPS) is 11.6. The molecule has 0 fully saturated rings. The first-order chi connectivity index (χ1) is 13.0. The third-order valence-corrected chi connectivity index (χ3v) is 3.99. The number of nitrogens with two attached hydrogens (primary N) is 1. The van der Waals surface area contributed by atoms with Gasteiger partial charge in [0.1, 0.15) is 29.9 Å². The first kappa shape index (κ1) is 18.1. The molecule has 27 heavy (non-hydrogen) atoms. The molecule has 3 aromatic rings. The Morgan fingerprint density at radius 2 is 2.04 bits per heavy atom. The minimum absolute atomic E-state index is 0.388. The van der Waals surface area contributed by atoms with Crippen molar-refractivity contribution in [3.8, 4) is 11.4 Å². The largest absolute Gasteiger partial charge is 0.484 e. The molecule has 1 aromatic heterocycles. The number of carboxylic acid groups (broad SMARTS) is 1. The van der Waals surface area contributed by atoms with Gasteiger partial charge in [-0.05, 0) is 11.5 Å². The van der Waals surface area contributed by atoms with Crippen molar-refractivity contribution in [2.24, 2.45) is 5.73 Å². The van der Waals surface area contributed by atoms with Gasteiger partial charge in [0, 0.05) is 17.8 Å². The number of hydrogen-bond acceptors (Lipinski definition) is 6. The summed E-state index contributed by atoms with van der Waals surface area (Å²) in [6, 6.07) is 9.55. The standard InChI is InChI=1S/C19H15N3O5/c20-17(14(9-23)19(25)26)15(24)10-27-16-6-5-12-3-1-2-4-13(12)18(16)22-8-7-21-11-22/h1-8,11,17H,10,20H2,(H,25,26). The van der Waals surface area contributed by atoms with Crippen molar-refractivity contribution in [1.29, 1.82) is 0 Å². The number of rotatable bonds is 7. The van der Waals surface area contributed by atoms with Crippen LogP contribution >= 0.6 is 0 Å². The smallest absolute Gasteiger partial charge is 0.344 e. The molecule has 8 heteroatoms. The summed E-state index contributed by atoms with van der Waals surface area (Å²) in [6.45, 7) is -0.500. The van der Waals surface area contributed by atoms with Crippen LogP contribution in [0.5, 0.6) is 5.75 Å². The zero-order valence-corrected chi connectivity index (χ0v) is 14.0. The van der Waals surface area contributed by atoms with E-state index < -0.39 is 30.0 Å². The second-order valence-electron chi connectivity index (χ2n) is 5.66. The van der Waals surface area contributed by atoms with Gasteiger partial charge in [-0.15, -0.1) is 0 Å². The number of fused-ring (bicyclic) bond motifs is 1. The molecule has 0 amide bonds. The van der Waals surface area contributed by atoms with E-state index in [1.54, 1.807) is 29.4 Å². The molecule has 0 saturated heterocycles. The van der Waals surface area contributed by atoms with Crippen LogP contribution < -0.4 is 10.5 Å². The second kappa shape index (κ2) is 7.65. The summed E-state index contributed by atoms with van der Waals surface area (Å²) in [5.74, 6) is -0.757. The maximum absolute atomic E-state index is 12.2. The lowest BCUT2D eigenvalue weighted by molar-refractivity contribution is -0.134. The Morgan fingerprint density at radius 1 is 1.26 bits per heavy atom. The minimum atomic E-state index is -1.61. The van der Waals surface area contributed by atoms with Crippen molar-refractivity contribution in [2.75, 3.05) is 6.61 Å². The first-order valence-electron chi connectivity index (χ1n) is 7.92. The third-order valence-electron chi connectivity index (χ3n) is 3.99. The van der Waals surface area contributed by atoms with E-state index in [4.69, 9.17) is 15.6 Å². The van der Waals surface area contributed by atoms with E-state index in [1.165, 1.54) is 5.94 Å². The lowest BCUT2D eigenvalue weighted by atomic mass is 10.1. The number of Topliss-reactive ketones (excluding diaryl/α,β-unsaturated/α-hetero) is 1. The maximum atomic E-state index is 12.2. The highest BCUT2D eigenvalue weighted by Crippen LogP contribution is 2.31. The van der Waals surface area contributed by atoms with Crippen LogP contribution in [0.4, 0.5) is 0 Å². The number of ether oxygens (including phenoxy) is 1. The highest BCUT2D eigenvalue weighted by atomic mass is 16.5. The van der Waals surface area contributed by atoms with Gasteiger partial charge in [-0.1, -0.05) is 30.3 Å². The van der Waals surface area contributed by atoms with Gasteiger partial charge in [0.05, 0.1) is 12.0 Å². The molecule has 136 valence electrons. The van der Waals surface area contributed by atoms with Crippen molar-refractivity contribution in [3.05, 3.63) is 60.7 Å². The molecule has 1 heterocycles. The third kappa shape index (κ3) is 3.62. The van der Waals surface area contributed by atoms with Gasteiger partial charge in [0.25, 0.3) is 0 Å². The van der Waals surface area contributed by atoms with E-state index in [0.717, 1.165) is 10.8 Å². The van der Waals surface area contributed by atoms with Gasteiger partial charge in [0.15, 0.2) is 5.78 Å². The van der Waals surface area contributed by atoms with E-state index in [2.05, 4.69) is 4.98 Å².